The van der Waals surface area contributed by atoms with Crippen LogP contribution < -0.4 is 16.2 Å². The Hall–Kier alpha value is -1.62. The maximum absolute atomic E-state index is 12.1. The van der Waals surface area contributed by atoms with E-state index in [0.717, 1.165) is 16.5 Å². The van der Waals surface area contributed by atoms with Gasteiger partial charge in [0.2, 0.25) is 5.91 Å². The van der Waals surface area contributed by atoms with Crippen LogP contribution in [-0.2, 0) is 4.79 Å². The van der Waals surface area contributed by atoms with E-state index in [1.165, 1.54) is 0 Å². The second-order valence-corrected chi connectivity index (χ2v) is 5.13. The summed E-state index contributed by atoms with van der Waals surface area (Å²) in [6.45, 7) is 0.581. The van der Waals surface area contributed by atoms with Gasteiger partial charge in [-0.25, -0.2) is 5.43 Å². The molecule has 3 N–H and O–H groups in total. The molecule has 0 radical (unpaired) electrons. The van der Waals surface area contributed by atoms with E-state index in [9.17, 15) is 4.79 Å². The van der Waals surface area contributed by atoms with Gasteiger partial charge >= 0.3 is 0 Å². The summed E-state index contributed by atoms with van der Waals surface area (Å²) in [5, 5.41) is 4.89. The Morgan fingerprint density at radius 1 is 1.21 bits per heavy atom. The number of halogens is 1. The number of carbonyl (C=O) groups excluding carboxylic acids is 1. The van der Waals surface area contributed by atoms with Gasteiger partial charge in [0.05, 0.1) is 5.38 Å². The summed E-state index contributed by atoms with van der Waals surface area (Å²) in [6, 6.07) is 13.5. The van der Waals surface area contributed by atoms with Crippen molar-refractivity contribution < 1.29 is 4.79 Å². The van der Waals surface area contributed by atoms with E-state index < -0.39 is 6.04 Å². The number of rotatable bonds is 2. The summed E-state index contributed by atoms with van der Waals surface area (Å²) in [5.74, 6) is -0.125. The average molecular weight is 276 g/mol. The third-order valence-corrected chi connectivity index (χ3v) is 3.62. The summed E-state index contributed by atoms with van der Waals surface area (Å²) >= 11 is 6.05. The number of benzene rings is 2. The number of hydrogen-bond donors (Lipinski definition) is 3. The van der Waals surface area contributed by atoms with Crippen molar-refractivity contribution >= 4 is 34.0 Å². The lowest BCUT2D eigenvalue weighted by molar-refractivity contribution is -0.117. The lowest BCUT2D eigenvalue weighted by atomic mass is 10.1. The number of hydrogen-bond acceptors (Lipinski definition) is 3. The Balaban J connectivity index is 1.79. The number of hydrazine groups is 1. The average Bonchev–Trinajstić information content (AvgIpc) is 2.85. The van der Waals surface area contributed by atoms with Gasteiger partial charge in [0.15, 0.2) is 0 Å². The van der Waals surface area contributed by atoms with Crippen LogP contribution in [0.1, 0.15) is 0 Å². The quantitative estimate of drug-likeness (QED) is 0.734. The normalized spacial score (nSPS) is 22.6. The highest BCUT2D eigenvalue weighted by Crippen LogP contribution is 2.19. The van der Waals surface area contributed by atoms with Crippen molar-refractivity contribution in [3.05, 3.63) is 42.5 Å². The van der Waals surface area contributed by atoms with E-state index in [2.05, 4.69) is 16.2 Å². The Kier molecular flexibility index (Phi) is 3.38. The molecule has 0 aliphatic carbocycles. The van der Waals surface area contributed by atoms with Crippen molar-refractivity contribution in [2.45, 2.75) is 11.4 Å². The fraction of sp³-hybridized carbons (Fsp3) is 0.214. The molecule has 98 valence electrons. The van der Waals surface area contributed by atoms with Crippen LogP contribution in [0.5, 0.6) is 0 Å². The molecule has 2 unspecified atom stereocenters. The van der Waals surface area contributed by atoms with Gasteiger partial charge in [-0.1, -0.05) is 30.3 Å². The highest BCUT2D eigenvalue weighted by atomic mass is 35.5. The van der Waals surface area contributed by atoms with Crippen molar-refractivity contribution in [3.8, 4) is 0 Å². The van der Waals surface area contributed by atoms with Gasteiger partial charge in [-0.15, -0.1) is 11.6 Å². The molecule has 0 saturated carbocycles. The molecule has 5 heteroatoms. The van der Waals surface area contributed by atoms with Gasteiger partial charge in [-0.2, -0.15) is 0 Å². The fourth-order valence-electron chi connectivity index (χ4n) is 2.19. The summed E-state index contributed by atoms with van der Waals surface area (Å²) in [6.07, 6.45) is 0. The predicted octanol–water partition coefficient (Wildman–Crippen LogP) is 1.86. The van der Waals surface area contributed by atoms with Crippen LogP contribution >= 0.6 is 11.6 Å². The zero-order valence-electron chi connectivity index (χ0n) is 10.2. The van der Waals surface area contributed by atoms with Crippen molar-refractivity contribution in [3.63, 3.8) is 0 Å². The molecular weight excluding hydrogens is 262 g/mol. The van der Waals surface area contributed by atoms with Crippen molar-refractivity contribution in [1.29, 1.82) is 0 Å². The van der Waals surface area contributed by atoms with Crippen molar-refractivity contribution in [2.75, 3.05) is 11.9 Å². The first-order chi connectivity index (χ1) is 9.24. The third kappa shape index (κ3) is 2.56. The molecule has 0 spiro atoms. The summed E-state index contributed by atoms with van der Waals surface area (Å²) in [4.78, 5) is 12.1. The number of anilines is 1. The number of amides is 1. The SMILES string of the molecule is O=C(Nc1ccc2ccccc2c1)C1NNCC1Cl. The number of alkyl halides is 1. The van der Waals surface area contributed by atoms with E-state index in [0.29, 0.717) is 6.54 Å². The molecule has 0 bridgehead atoms. The van der Waals surface area contributed by atoms with E-state index >= 15 is 0 Å². The number of nitrogens with one attached hydrogen (secondary N) is 3. The third-order valence-electron chi connectivity index (χ3n) is 3.22. The minimum Gasteiger partial charge on any atom is -0.325 e. The molecule has 3 rings (SSSR count). The lowest BCUT2D eigenvalue weighted by Crippen LogP contribution is -2.42. The molecular formula is C14H14ClN3O. The molecule has 1 saturated heterocycles. The van der Waals surface area contributed by atoms with Gasteiger partial charge in [-0.05, 0) is 22.9 Å². The largest absolute Gasteiger partial charge is 0.325 e. The fourth-order valence-corrected chi connectivity index (χ4v) is 2.45. The van der Waals surface area contributed by atoms with E-state index in [4.69, 9.17) is 11.6 Å². The monoisotopic (exact) mass is 275 g/mol. The summed E-state index contributed by atoms with van der Waals surface area (Å²) in [7, 11) is 0. The second-order valence-electron chi connectivity index (χ2n) is 4.57. The van der Waals surface area contributed by atoms with Crippen LogP contribution in [0.4, 0.5) is 5.69 Å². The molecule has 1 heterocycles. The maximum Gasteiger partial charge on any atom is 0.244 e. The van der Waals surface area contributed by atoms with Crippen LogP contribution in [0, 0.1) is 0 Å². The Bertz CT molecular complexity index is 616. The molecule has 4 nitrogen and oxygen atoms in total. The Labute approximate surface area is 116 Å². The molecule has 1 aliphatic rings. The van der Waals surface area contributed by atoms with E-state index in [1.807, 2.05) is 42.5 Å². The Morgan fingerprint density at radius 3 is 2.74 bits per heavy atom. The molecule has 2 atom stereocenters. The molecule has 1 aliphatic heterocycles. The molecule has 1 amide bonds. The predicted molar refractivity (Wildman–Crippen MR) is 77.1 cm³/mol. The van der Waals surface area contributed by atoms with Crippen LogP contribution in [0.25, 0.3) is 10.8 Å². The van der Waals surface area contributed by atoms with E-state index in [-0.39, 0.29) is 11.3 Å². The Morgan fingerprint density at radius 2 is 2.00 bits per heavy atom. The minimum atomic E-state index is -0.409. The van der Waals surface area contributed by atoms with Gasteiger partial charge in [-0.3, -0.25) is 10.2 Å². The van der Waals surface area contributed by atoms with E-state index in [1.54, 1.807) is 0 Å². The van der Waals surface area contributed by atoms with Crippen LogP contribution in [0.15, 0.2) is 42.5 Å². The second kappa shape index (κ2) is 5.17. The molecule has 1 fully saturated rings. The lowest BCUT2D eigenvalue weighted by Gasteiger charge is -2.13. The molecule has 0 aromatic heterocycles. The van der Waals surface area contributed by atoms with Crippen molar-refractivity contribution in [2.24, 2.45) is 0 Å². The van der Waals surface area contributed by atoms with Crippen LogP contribution in [0.2, 0.25) is 0 Å². The van der Waals surface area contributed by atoms with Gasteiger partial charge in [0.25, 0.3) is 0 Å². The van der Waals surface area contributed by atoms with Gasteiger partial charge < -0.3 is 5.32 Å². The number of carbonyl (C=O) groups is 1. The highest BCUT2D eigenvalue weighted by molar-refractivity contribution is 6.23. The van der Waals surface area contributed by atoms with Crippen LogP contribution in [-0.4, -0.2) is 23.9 Å². The minimum absolute atomic E-state index is 0.125. The number of fused-ring (bicyclic) bond motifs is 1. The first-order valence-corrected chi connectivity index (χ1v) is 6.60. The van der Waals surface area contributed by atoms with Crippen LogP contribution in [0.3, 0.4) is 0 Å². The van der Waals surface area contributed by atoms with Gasteiger partial charge in [0, 0.05) is 12.2 Å². The van der Waals surface area contributed by atoms with Gasteiger partial charge in [0.1, 0.15) is 6.04 Å². The maximum atomic E-state index is 12.1. The molecule has 19 heavy (non-hydrogen) atoms. The summed E-state index contributed by atoms with van der Waals surface area (Å²) in [5.41, 5.74) is 6.52. The zero-order valence-corrected chi connectivity index (χ0v) is 10.9. The van der Waals surface area contributed by atoms with Crippen molar-refractivity contribution in [1.82, 2.24) is 10.9 Å². The standard InChI is InChI=1S/C14H14ClN3O/c15-12-8-16-18-13(12)14(19)17-11-6-5-9-3-1-2-4-10(9)7-11/h1-7,12-13,16,18H,8H2,(H,17,19). The summed E-state index contributed by atoms with van der Waals surface area (Å²) < 4.78 is 0. The zero-order chi connectivity index (χ0) is 13.2. The molecule has 2 aromatic carbocycles. The topological polar surface area (TPSA) is 53.2 Å². The highest BCUT2D eigenvalue weighted by Gasteiger charge is 2.31. The smallest absolute Gasteiger partial charge is 0.244 e. The first-order valence-electron chi connectivity index (χ1n) is 6.16. The first kappa shape index (κ1) is 12.4. The molecule has 2 aromatic rings.